The summed E-state index contributed by atoms with van der Waals surface area (Å²) in [6, 6.07) is 9.32. The highest BCUT2D eigenvalue weighted by atomic mass is 16.5. The summed E-state index contributed by atoms with van der Waals surface area (Å²) in [7, 11) is 1.45. The van der Waals surface area contributed by atoms with Gasteiger partial charge in [0, 0.05) is 5.69 Å². The number of esters is 1. The number of anilines is 1. The molecule has 2 aromatic rings. The molecule has 0 saturated carbocycles. The molecule has 0 aromatic heterocycles. The Balaban J connectivity index is 1.88. The average molecular weight is 400 g/mol. The van der Waals surface area contributed by atoms with Gasteiger partial charge >= 0.3 is 12.0 Å². The molecule has 0 fully saturated rings. The first kappa shape index (κ1) is 21.7. The Morgan fingerprint density at radius 2 is 1.76 bits per heavy atom. The molecule has 0 saturated heterocycles. The van der Waals surface area contributed by atoms with E-state index in [0.29, 0.717) is 23.8 Å². The maximum absolute atomic E-state index is 12.1. The van der Waals surface area contributed by atoms with Crippen molar-refractivity contribution in [3.63, 3.8) is 0 Å². The van der Waals surface area contributed by atoms with Crippen LogP contribution in [0.15, 0.2) is 36.4 Å². The zero-order valence-electron chi connectivity index (χ0n) is 16.8. The van der Waals surface area contributed by atoms with Crippen molar-refractivity contribution in [3.8, 4) is 11.5 Å². The number of ether oxygens (including phenoxy) is 3. The largest absolute Gasteiger partial charge is 0.493 e. The van der Waals surface area contributed by atoms with Crippen LogP contribution in [0.4, 0.5) is 10.5 Å². The van der Waals surface area contributed by atoms with E-state index in [1.165, 1.54) is 19.2 Å². The van der Waals surface area contributed by atoms with E-state index in [1.807, 2.05) is 32.9 Å². The Morgan fingerprint density at radius 1 is 1.00 bits per heavy atom. The predicted molar refractivity (Wildman–Crippen MR) is 108 cm³/mol. The Bertz CT molecular complexity index is 910. The lowest BCUT2D eigenvalue weighted by atomic mass is 10.1. The molecular weight excluding hydrogens is 376 g/mol. The molecule has 8 heteroatoms. The summed E-state index contributed by atoms with van der Waals surface area (Å²) in [5.74, 6) is -0.610. The number of urea groups is 1. The van der Waals surface area contributed by atoms with E-state index in [1.54, 1.807) is 12.1 Å². The molecule has 29 heavy (non-hydrogen) atoms. The third kappa shape index (κ3) is 6.24. The maximum atomic E-state index is 12.1. The molecule has 0 spiro atoms. The van der Waals surface area contributed by atoms with Crippen LogP contribution < -0.4 is 20.1 Å². The number of amides is 3. The van der Waals surface area contributed by atoms with Gasteiger partial charge in [-0.05, 0) is 50.6 Å². The molecule has 0 aliphatic rings. The van der Waals surface area contributed by atoms with Crippen molar-refractivity contribution in [2.24, 2.45) is 0 Å². The highest BCUT2D eigenvalue weighted by Crippen LogP contribution is 2.28. The second-order valence-electron chi connectivity index (χ2n) is 6.20. The van der Waals surface area contributed by atoms with Crippen LogP contribution >= 0.6 is 0 Å². The normalized spacial score (nSPS) is 10.1. The number of nitrogens with one attached hydrogen (secondary N) is 2. The first-order valence-electron chi connectivity index (χ1n) is 9.00. The summed E-state index contributed by atoms with van der Waals surface area (Å²) < 4.78 is 15.5. The van der Waals surface area contributed by atoms with Gasteiger partial charge in [-0.2, -0.15) is 0 Å². The van der Waals surface area contributed by atoms with Crippen LogP contribution in [0.1, 0.15) is 28.4 Å². The zero-order valence-corrected chi connectivity index (χ0v) is 16.8. The van der Waals surface area contributed by atoms with E-state index < -0.39 is 24.5 Å². The quantitative estimate of drug-likeness (QED) is 0.692. The Hall–Kier alpha value is -3.55. The number of carbonyl (C=O) groups is 3. The van der Waals surface area contributed by atoms with Crippen LogP contribution in [0, 0.1) is 13.8 Å². The monoisotopic (exact) mass is 400 g/mol. The van der Waals surface area contributed by atoms with Crippen molar-refractivity contribution < 1.29 is 28.6 Å². The molecule has 154 valence electrons. The molecule has 0 unspecified atom stereocenters. The average Bonchev–Trinajstić information content (AvgIpc) is 2.68. The van der Waals surface area contributed by atoms with Gasteiger partial charge in [0.25, 0.3) is 5.91 Å². The van der Waals surface area contributed by atoms with Crippen molar-refractivity contribution in [1.82, 2.24) is 5.32 Å². The van der Waals surface area contributed by atoms with Crippen LogP contribution in [0.25, 0.3) is 0 Å². The minimum Gasteiger partial charge on any atom is -0.493 e. The Morgan fingerprint density at radius 3 is 2.41 bits per heavy atom. The molecule has 2 rings (SSSR count). The highest BCUT2D eigenvalue weighted by Gasteiger charge is 2.15. The van der Waals surface area contributed by atoms with Crippen molar-refractivity contribution in [2.45, 2.75) is 20.8 Å². The summed E-state index contributed by atoms with van der Waals surface area (Å²) in [6.07, 6.45) is 0. The molecule has 0 aliphatic heterocycles. The van der Waals surface area contributed by atoms with Gasteiger partial charge in [0.15, 0.2) is 18.1 Å². The fraction of sp³-hybridized carbons (Fsp3) is 0.286. The minimum atomic E-state index is -0.751. The lowest BCUT2D eigenvalue weighted by molar-refractivity contribution is -0.123. The summed E-state index contributed by atoms with van der Waals surface area (Å²) in [4.78, 5) is 36.0. The molecule has 3 amide bonds. The SMILES string of the molecule is CCOc1ccc(C(=O)OCC(=O)NC(=O)Nc2ccc(C)cc2C)cc1OC. The minimum absolute atomic E-state index is 0.192. The van der Waals surface area contributed by atoms with Gasteiger partial charge in [0.05, 0.1) is 19.3 Å². The van der Waals surface area contributed by atoms with E-state index in [-0.39, 0.29) is 5.56 Å². The topological polar surface area (TPSA) is 103 Å². The smallest absolute Gasteiger partial charge is 0.338 e. The second-order valence-corrected chi connectivity index (χ2v) is 6.20. The van der Waals surface area contributed by atoms with Gasteiger partial charge in [-0.25, -0.2) is 9.59 Å². The number of imide groups is 1. The van der Waals surface area contributed by atoms with Gasteiger partial charge in [-0.15, -0.1) is 0 Å². The van der Waals surface area contributed by atoms with Crippen LogP contribution in [0.2, 0.25) is 0 Å². The summed E-state index contributed by atoms with van der Waals surface area (Å²) in [5.41, 5.74) is 2.70. The molecule has 2 N–H and O–H groups in total. The standard InChI is InChI=1S/C21H24N2O6/c1-5-28-17-9-7-15(11-18(17)27-4)20(25)29-12-19(24)23-21(26)22-16-8-6-13(2)10-14(16)3/h6-11H,5,12H2,1-4H3,(H2,22,23,24,26). The van der Waals surface area contributed by atoms with E-state index in [4.69, 9.17) is 14.2 Å². The fourth-order valence-electron chi connectivity index (χ4n) is 2.55. The van der Waals surface area contributed by atoms with E-state index >= 15 is 0 Å². The van der Waals surface area contributed by atoms with Gasteiger partial charge in [0.2, 0.25) is 0 Å². The highest BCUT2D eigenvalue weighted by molar-refractivity contribution is 6.02. The number of rotatable bonds is 7. The first-order chi connectivity index (χ1) is 13.8. The number of aryl methyl sites for hydroxylation is 2. The lowest BCUT2D eigenvalue weighted by Gasteiger charge is -2.11. The summed E-state index contributed by atoms with van der Waals surface area (Å²) in [5, 5.41) is 4.69. The van der Waals surface area contributed by atoms with Gasteiger partial charge in [-0.1, -0.05) is 17.7 Å². The zero-order chi connectivity index (χ0) is 21.4. The molecule has 2 aromatic carbocycles. The summed E-state index contributed by atoms with van der Waals surface area (Å²) in [6.45, 7) is 5.46. The van der Waals surface area contributed by atoms with Gasteiger partial charge < -0.3 is 19.5 Å². The maximum Gasteiger partial charge on any atom is 0.338 e. The Kier molecular flexibility index (Phi) is 7.59. The Labute approximate surface area is 169 Å². The third-order valence-electron chi connectivity index (χ3n) is 3.92. The number of hydrogen-bond donors (Lipinski definition) is 2. The van der Waals surface area contributed by atoms with Crippen molar-refractivity contribution in [3.05, 3.63) is 53.1 Å². The number of hydrogen-bond acceptors (Lipinski definition) is 6. The molecular formula is C21H24N2O6. The van der Waals surface area contributed by atoms with Crippen LogP contribution in [0.5, 0.6) is 11.5 Å². The van der Waals surface area contributed by atoms with E-state index in [0.717, 1.165) is 11.1 Å². The number of benzene rings is 2. The first-order valence-corrected chi connectivity index (χ1v) is 9.00. The molecule has 0 heterocycles. The van der Waals surface area contributed by atoms with Crippen molar-refractivity contribution in [1.29, 1.82) is 0 Å². The predicted octanol–water partition coefficient (Wildman–Crippen LogP) is 3.22. The number of methoxy groups -OCH3 is 1. The molecule has 0 radical (unpaired) electrons. The van der Waals surface area contributed by atoms with Crippen LogP contribution in [-0.2, 0) is 9.53 Å². The fourth-order valence-corrected chi connectivity index (χ4v) is 2.55. The number of carbonyl (C=O) groups excluding carboxylic acids is 3. The summed E-state index contributed by atoms with van der Waals surface area (Å²) >= 11 is 0. The van der Waals surface area contributed by atoms with E-state index in [9.17, 15) is 14.4 Å². The van der Waals surface area contributed by atoms with Gasteiger partial charge in [-0.3, -0.25) is 10.1 Å². The van der Waals surface area contributed by atoms with E-state index in [2.05, 4.69) is 10.6 Å². The van der Waals surface area contributed by atoms with Crippen LogP contribution in [0.3, 0.4) is 0 Å². The van der Waals surface area contributed by atoms with Crippen molar-refractivity contribution in [2.75, 3.05) is 25.6 Å². The third-order valence-corrected chi connectivity index (χ3v) is 3.92. The molecule has 0 bridgehead atoms. The van der Waals surface area contributed by atoms with Gasteiger partial charge in [0.1, 0.15) is 0 Å². The molecule has 0 aliphatic carbocycles. The molecule has 0 atom stereocenters. The second kappa shape index (κ2) is 10.1. The van der Waals surface area contributed by atoms with Crippen molar-refractivity contribution >= 4 is 23.6 Å². The van der Waals surface area contributed by atoms with Crippen LogP contribution in [-0.4, -0.2) is 38.2 Å². The molecule has 8 nitrogen and oxygen atoms in total. The lowest BCUT2D eigenvalue weighted by Crippen LogP contribution is -2.37.